The maximum atomic E-state index is 5.95. The normalized spacial score (nSPS) is 10.8. The Bertz CT molecular complexity index is 1150. The second-order valence-corrected chi connectivity index (χ2v) is 8.14. The highest BCUT2D eigenvalue weighted by Crippen LogP contribution is 2.30. The van der Waals surface area contributed by atoms with Crippen LogP contribution in [0, 0.1) is 0 Å². The van der Waals surface area contributed by atoms with Gasteiger partial charge < -0.3 is 9.47 Å². The third-order valence-electron chi connectivity index (χ3n) is 4.88. The fourth-order valence-electron chi connectivity index (χ4n) is 3.23. The Morgan fingerprint density at radius 2 is 0.879 bits per heavy atom. The molecule has 0 radical (unpaired) electrons. The van der Waals surface area contributed by atoms with E-state index < -0.39 is 0 Å². The summed E-state index contributed by atoms with van der Waals surface area (Å²) < 4.78 is 11.8. The lowest BCUT2D eigenvalue weighted by Crippen LogP contribution is -1.90. The van der Waals surface area contributed by atoms with Crippen molar-refractivity contribution in [2.45, 2.75) is 6.92 Å². The fraction of sp³-hybridized carbons (Fsp3) is 0.0345. The predicted octanol–water partition coefficient (Wildman–Crippen LogP) is 9.59. The van der Waals surface area contributed by atoms with E-state index in [2.05, 4.69) is 30.3 Å². The maximum absolute atomic E-state index is 5.95. The lowest BCUT2D eigenvalue weighted by molar-refractivity contribution is 0.482. The molecule has 0 aliphatic heterocycles. The van der Waals surface area contributed by atoms with Gasteiger partial charge in [0.05, 0.1) is 0 Å². The van der Waals surface area contributed by atoms with Crippen LogP contribution in [0.15, 0.2) is 115 Å². The highest BCUT2D eigenvalue weighted by molar-refractivity contribution is 6.30. The molecule has 4 heteroatoms. The minimum atomic E-state index is 0.682. The monoisotopic (exact) mass is 472 g/mol. The Morgan fingerprint density at radius 3 is 1.21 bits per heavy atom. The van der Waals surface area contributed by atoms with E-state index in [1.54, 1.807) is 0 Å². The molecule has 4 aromatic carbocycles. The summed E-state index contributed by atoms with van der Waals surface area (Å²) >= 11 is 11.9. The minimum absolute atomic E-state index is 0.682. The Kier molecular flexibility index (Phi) is 7.51. The molecule has 0 saturated heterocycles. The van der Waals surface area contributed by atoms with Crippen molar-refractivity contribution < 1.29 is 9.47 Å². The summed E-state index contributed by atoms with van der Waals surface area (Å²) in [5.41, 5.74) is 3.27. The molecule has 0 aliphatic carbocycles. The van der Waals surface area contributed by atoms with Crippen LogP contribution in [0.3, 0.4) is 0 Å². The summed E-state index contributed by atoms with van der Waals surface area (Å²) in [5, 5.41) is 1.36. The first-order valence-electron chi connectivity index (χ1n) is 10.5. The van der Waals surface area contributed by atoms with E-state index in [-0.39, 0.29) is 0 Å². The molecule has 0 aliphatic rings. The molecule has 0 amide bonds. The first kappa shape index (κ1) is 22.7. The lowest BCUT2D eigenvalue weighted by Gasteiger charge is -2.11. The third kappa shape index (κ3) is 6.29. The molecule has 0 aromatic heterocycles. The minimum Gasteiger partial charge on any atom is -0.457 e. The highest BCUT2D eigenvalue weighted by Gasteiger charge is 2.07. The van der Waals surface area contributed by atoms with E-state index in [1.807, 2.05) is 91.9 Å². The van der Waals surface area contributed by atoms with Crippen molar-refractivity contribution in [2.24, 2.45) is 0 Å². The van der Waals surface area contributed by atoms with Gasteiger partial charge in [0, 0.05) is 10.0 Å². The Morgan fingerprint density at radius 1 is 0.545 bits per heavy atom. The van der Waals surface area contributed by atoms with Crippen LogP contribution in [0.25, 0.3) is 5.57 Å². The van der Waals surface area contributed by atoms with Gasteiger partial charge in [-0.25, -0.2) is 0 Å². The van der Waals surface area contributed by atoms with Crippen molar-refractivity contribution in [1.82, 2.24) is 0 Å². The first-order chi connectivity index (χ1) is 16.1. The largest absolute Gasteiger partial charge is 0.457 e. The van der Waals surface area contributed by atoms with Gasteiger partial charge in [-0.15, -0.1) is 0 Å². The van der Waals surface area contributed by atoms with Crippen molar-refractivity contribution >= 4 is 28.8 Å². The van der Waals surface area contributed by atoms with Crippen LogP contribution in [-0.2, 0) is 0 Å². The summed E-state index contributed by atoms with van der Waals surface area (Å²) in [6.45, 7) is 2.00. The van der Waals surface area contributed by atoms with Gasteiger partial charge in [-0.05, 0) is 96.4 Å². The molecule has 33 heavy (non-hydrogen) atoms. The first-order valence-corrected chi connectivity index (χ1v) is 11.3. The average molecular weight is 473 g/mol. The molecule has 0 atom stereocenters. The van der Waals surface area contributed by atoms with E-state index >= 15 is 0 Å². The molecule has 2 nitrogen and oxygen atoms in total. The highest BCUT2D eigenvalue weighted by atomic mass is 35.5. The summed E-state index contributed by atoms with van der Waals surface area (Å²) in [6.07, 6.45) is 6.14. The number of hydrogen-bond donors (Lipinski definition) is 0. The molecule has 0 saturated carbocycles. The second kappa shape index (κ2) is 10.9. The van der Waals surface area contributed by atoms with Gasteiger partial charge in [0.15, 0.2) is 0 Å². The number of ether oxygens (including phenoxy) is 2. The van der Waals surface area contributed by atoms with E-state index in [1.165, 1.54) is 0 Å². The second-order valence-electron chi connectivity index (χ2n) is 7.27. The van der Waals surface area contributed by atoms with Crippen molar-refractivity contribution in [3.05, 3.63) is 136 Å². The van der Waals surface area contributed by atoms with Gasteiger partial charge >= 0.3 is 0 Å². The standard InChI is InChI=1S/C29H22Cl2O2/c1-2-3-4-29(21-5-13-25(14-6-21)32-27-17-9-23(30)10-18-27)22-7-15-26(16-8-22)33-28-19-11-24(31)12-20-28/h2-20H,1H3. The number of allylic oxidation sites excluding steroid dienone is 3. The van der Waals surface area contributed by atoms with E-state index in [0.717, 1.165) is 39.7 Å². The Labute approximate surface area is 204 Å². The quantitative estimate of drug-likeness (QED) is 0.249. The molecule has 0 bridgehead atoms. The fourth-order valence-corrected chi connectivity index (χ4v) is 3.49. The van der Waals surface area contributed by atoms with Crippen molar-refractivity contribution in [3.63, 3.8) is 0 Å². The molecule has 0 N–H and O–H groups in total. The molecule has 0 fully saturated rings. The molecule has 0 unspecified atom stereocenters. The molecular weight excluding hydrogens is 451 g/mol. The molecular formula is C29H22Cl2O2. The van der Waals surface area contributed by atoms with Crippen LogP contribution in [-0.4, -0.2) is 0 Å². The van der Waals surface area contributed by atoms with Crippen molar-refractivity contribution in [3.8, 4) is 23.0 Å². The smallest absolute Gasteiger partial charge is 0.127 e. The van der Waals surface area contributed by atoms with Crippen LogP contribution in [0.4, 0.5) is 0 Å². The number of benzene rings is 4. The number of halogens is 2. The van der Waals surface area contributed by atoms with Crippen LogP contribution < -0.4 is 9.47 Å². The van der Waals surface area contributed by atoms with E-state index in [0.29, 0.717) is 10.0 Å². The van der Waals surface area contributed by atoms with Crippen molar-refractivity contribution in [1.29, 1.82) is 0 Å². The van der Waals surface area contributed by atoms with Gasteiger partial charge in [0.25, 0.3) is 0 Å². The molecule has 4 aromatic rings. The van der Waals surface area contributed by atoms with Gasteiger partial charge in [0.2, 0.25) is 0 Å². The SMILES string of the molecule is CC=CC=C(c1ccc(Oc2ccc(Cl)cc2)cc1)c1ccc(Oc2ccc(Cl)cc2)cc1. The summed E-state index contributed by atoms with van der Waals surface area (Å²) in [5.74, 6) is 3.01. The van der Waals surface area contributed by atoms with Crippen molar-refractivity contribution in [2.75, 3.05) is 0 Å². The van der Waals surface area contributed by atoms with Gasteiger partial charge in [0.1, 0.15) is 23.0 Å². The molecule has 0 spiro atoms. The van der Waals surface area contributed by atoms with Crippen LogP contribution >= 0.6 is 23.2 Å². The molecule has 4 rings (SSSR count). The zero-order chi connectivity index (χ0) is 23.0. The van der Waals surface area contributed by atoms with Gasteiger partial charge in [-0.1, -0.05) is 65.7 Å². The maximum Gasteiger partial charge on any atom is 0.127 e. The molecule has 0 heterocycles. The predicted molar refractivity (Wildman–Crippen MR) is 138 cm³/mol. The van der Waals surface area contributed by atoms with Crippen LogP contribution in [0.5, 0.6) is 23.0 Å². The summed E-state index contributed by atoms with van der Waals surface area (Å²) in [7, 11) is 0. The average Bonchev–Trinajstić information content (AvgIpc) is 2.84. The summed E-state index contributed by atoms with van der Waals surface area (Å²) in [6, 6.07) is 30.7. The zero-order valence-electron chi connectivity index (χ0n) is 18.0. The third-order valence-corrected chi connectivity index (χ3v) is 5.39. The van der Waals surface area contributed by atoms with E-state index in [4.69, 9.17) is 32.7 Å². The van der Waals surface area contributed by atoms with E-state index in [9.17, 15) is 0 Å². The number of rotatable bonds is 7. The number of hydrogen-bond acceptors (Lipinski definition) is 2. The van der Waals surface area contributed by atoms with Gasteiger partial charge in [-0.2, -0.15) is 0 Å². The topological polar surface area (TPSA) is 18.5 Å². The van der Waals surface area contributed by atoms with Gasteiger partial charge in [-0.3, -0.25) is 0 Å². The lowest BCUT2D eigenvalue weighted by atomic mass is 9.97. The Hall–Kier alpha value is -3.46. The zero-order valence-corrected chi connectivity index (χ0v) is 19.6. The molecule has 164 valence electrons. The van der Waals surface area contributed by atoms with Crippen LogP contribution in [0.1, 0.15) is 18.1 Å². The van der Waals surface area contributed by atoms with Crippen LogP contribution in [0.2, 0.25) is 10.0 Å². The Balaban J connectivity index is 1.53. The summed E-state index contributed by atoms with van der Waals surface area (Å²) in [4.78, 5) is 0.